The molecule has 6 heteroatoms. The van der Waals surface area contributed by atoms with Gasteiger partial charge in [0, 0.05) is 29.2 Å². The van der Waals surface area contributed by atoms with Crippen molar-refractivity contribution in [1.29, 1.82) is 0 Å². The van der Waals surface area contributed by atoms with Crippen molar-refractivity contribution in [2.45, 2.75) is 20.8 Å². The number of halogens is 2. The van der Waals surface area contributed by atoms with Crippen molar-refractivity contribution in [2.75, 3.05) is 10.6 Å². The second kappa shape index (κ2) is 6.84. The van der Waals surface area contributed by atoms with Gasteiger partial charge in [-0.1, -0.05) is 17.7 Å². The average molecular weight is 340 g/mol. The topological polar surface area (TPSA) is 49.8 Å². The Morgan fingerprint density at radius 1 is 0.800 bits per heavy atom. The van der Waals surface area contributed by atoms with Crippen molar-refractivity contribution in [2.24, 2.45) is 0 Å². The summed E-state index contributed by atoms with van der Waals surface area (Å²) in [6, 6.07) is 11.5. The van der Waals surface area contributed by atoms with Crippen molar-refractivity contribution < 1.29 is 8.78 Å². The van der Waals surface area contributed by atoms with Gasteiger partial charge < -0.3 is 10.6 Å². The zero-order valence-corrected chi connectivity index (χ0v) is 14.2. The van der Waals surface area contributed by atoms with Crippen LogP contribution in [-0.2, 0) is 0 Å². The molecular formula is C19H18F2N4. The van der Waals surface area contributed by atoms with Gasteiger partial charge in [-0.3, -0.25) is 0 Å². The summed E-state index contributed by atoms with van der Waals surface area (Å²) in [6.45, 7) is 5.89. The molecule has 3 rings (SSSR count). The van der Waals surface area contributed by atoms with Crippen LogP contribution in [0.1, 0.15) is 16.8 Å². The highest BCUT2D eigenvalue weighted by Gasteiger charge is 2.07. The average Bonchev–Trinajstić information content (AvgIpc) is 2.53. The highest BCUT2D eigenvalue weighted by atomic mass is 19.2. The summed E-state index contributed by atoms with van der Waals surface area (Å²) >= 11 is 0. The number of aromatic nitrogens is 2. The van der Waals surface area contributed by atoms with E-state index in [1.54, 1.807) is 0 Å². The molecule has 0 atom stereocenters. The molecule has 0 radical (unpaired) electrons. The number of hydrogen-bond acceptors (Lipinski definition) is 4. The van der Waals surface area contributed by atoms with Gasteiger partial charge in [0.05, 0.1) is 0 Å². The number of hydrogen-bond donors (Lipinski definition) is 2. The van der Waals surface area contributed by atoms with Crippen LogP contribution >= 0.6 is 0 Å². The number of rotatable bonds is 4. The molecular weight excluding hydrogens is 322 g/mol. The van der Waals surface area contributed by atoms with Crippen LogP contribution in [-0.4, -0.2) is 9.97 Å². The summed E-state index contributed by atoms with van der Waals surface area (Å²) in [5, 5.41) is 6.16. The molecule has 0 unspecified atom stereocenters. The lowest BCUT2D eigenvalue weighted by molar-refractivity contribution is 0.509. The van der Waals surface area contributed by atoms with E-state index >= 15 is 0 Å². The Kier molecular flexibility index (Phi) is 4.61. The fraction of sp³-hybridized carbons (Fsp3) is 0.158. The maximum Gasteiger partial charge on any atom is 0.229 e. The number of nitrogens with one attached hydrogen (secondary N) is 2. The standard InChI is InChI=1S/C19H18F2N4/c1-11-4-7-17(12(2)8-11)24-18-9-13(3)22-19(25-18)23-14-5-6-15(20)16(21)10-14/h4-10H,1-3H3,(H2,22,23,24,25). The fourth-order valence-corrected chi connectivity index (χ4v) is 2.48. The van der Waals surface area contributed by atoms with Crippen LogP contribution in [0.2, 0.25) is 0 Å². The molecule has 2 N–H and O–H groups in total. The molecule has 1 heterocycles. The summed E-state index contributed by atoms with van der Waals surface area (Å²) in [5.74, 6) is -0.901. The minimum absolute atomic E-state index is 0.304. The van der Waals surface area contributed by atoms with Crippen LogP contribution in [0.3, 0.4) is 0 Å². The van der Waals surface area contributed by atoms with Crippen molar-refractivity contribution in [1.82, 2.24) is 9.97 Å². The molecule has 0 fully saturated rings. The lowest BCUT2D eigenvalue weighted by Crippen LogP contribution is -2.03. The molecule has 0 bridgehead atoms. The van der Waals surface area contributed by atoms with Crippen LogP contribution in [0.4, 0.5) is 31.9 Å². The Morgan fingerprint density at radius 3 is 2.32 bits per heavy atom. The molecule has 0 saturated carbocycles. The van der Waals surface area contributed by atoms with E-state index in [1.807, 2.05) is 39.0 Å². The van der Waals surface area contributed by atoms with Crippen LogP contribution in [0.15, 0.2) is 42.5 Å². The largest absolute Gasteiger partial charge is 0.340 e. The Balaban J connectivity index is 1.86. The molecule has 0 aliphatic heterocycles. The minimum atomic E-state index is -0.925. The van der Waals surface area contributed by atoms with E-state index in [0.717, 1.165) is 29.1 Å². The van der Waals surface area contributed by atoms with E-state index in [2.05, 4.69) is 26.7 Å². The predicted octanol–water partition coefficient (Wildman–Crippen LogP) is 5.17. The van der Waals surface area contributed by atoms with Crippen molar-refractivity contribution in [3.63, 3.8) is 0 Å². The summed E-state index contributed by atoms with van der Waals surface area (Å²) in [5.41, 5.74) is 4.35. The first-order valence-electron chi connectivity index (χ1n) is 7.83. The second-order valence-corrected chi connectivity index (χ2v) is 5.92. The number of benzene rings is 2. The van der Waals surface area contributed by atoms with Gasteiger partial charge in [-0.25, -0.2) is 13.8 Å². The van der Waals surface area contributed by atoms with Crippen LogP contribution in [0.25, 0.3) is 0 Å². The summed E-state index contributed by atoms with van der Waals surface area (Å²) in [4.78, 5) is 8.67. The molecule has 0 aliphatic rings. The molecule has 128 valence electrons. The summed E-state index contributed by atoms with van der Waals surface area (Å²) in [7, 11) is 0. The highest BCUT2D eigenvalue weighted by Crippen LogP contribution is 2.23. The lowest BCUT2D eigenvalue weighted by Gasteiger charge is -2.12. The molecule has 2 aromatic carbocycles. The van der Waals surface area contributed by atoms with Crippen LogP contribution in [0.5, 0.6) is 0 Å². The van der Waals surface area contributed by atoms with Gasteiger partial charge in [0.25, 0.3) is 0 Å². The van der Waals surface area contributed by atoms with Crippen LogP contribution < -0.4 is 10.6 Å². The third-order valence-electron chi connectivity index (χ3n) is 3.67. The van der Waals surface area contributed by atoms with Gasteiger partial charge >= 0.3 is 0 Å². The Hall–Kier alpha value is -3.02. The van der Waals surface area contributed by atoms with Crippen LogP contribution in [0, 0.1) is 32.4 Å². The molecule has 4 nitrogen and oxygen atoms in total. The molecule has 0 aliphatic carbocycles. The van der Waals surface area contributed by atoms with E-state index < -0.39 is 11.6 Å². The van der Waals surface area contributed by atoms with E-state index in [0.29, 0.717) is 17.5 Å². The zero-order valence-electron chi connectivity index (χ0n) is 14.2. The van der Waals surface area contributed by atoms with Crippen molar-refractivity contribution >= 4 is 23.1 Å². The molecule has 25 heavy (non-hydrogen) atoms. The van der Waals surface area contributed by atoms with Gasteiger partial charge in [0.2, 0.25) is 5.95 Å². The maximum absolute atomic E-state index is 13.3. The second-order valence-electron chi connectivity index (χ2n) is 5.92. The Bertz CT molecular complexity index is 925. The van der Waals surface area contributed by atoms with Gasteiger partial charge in [-0.15, -0.1) is 0 Å². The first-order valence-corrected chi connectivity index (χ1v) is 7.83. The monoisotopic (exact) mass is 340 g/mol. The smallest absolute Gasteiger partial charge is 0.229 e. The molecule has 3 aromatic rings. The molecule has 0 saturated heterocycles. The molecule has 0 amide bonds. The van der Waals surface area contributed by atoms with E-state index in [4.69, 9.17) is 0 Å². The number of anilines is 4. The van der Waals surface area contributed by atoms with Gasteiger partial charge in [-0.05, 0) is 44.5 Å². The number of aryl methyl sites for hydroxylation is 3. The lowest BCUT2D eigenvalue weighted by atomic mass is 10.1. The van der Waals surface area contributed by atoms with Gasteiger partial charge in [0.1, 0.15) is 5.82 Å². The normalized spacial score (nSPS) is 10.6. The highest BCUT2D eigenvalue weighted by molar-refractivity contribution is 5.63. The SMILES string of the molecule is Cc1ccc(Nc2cc(C)nc(Nc3ccc(F)c(F)c3)n2)c(C)c1. The van der Waals surface area contributed by atoms with E-state index in [9.17, 15) is 8.78 Å². The Morgan fingerprint density at radius 2 is 1.60 bits per heavy atom. The quantitative estimate of drug-likeness (QED) is 0.688. The summed E-state index contributed by atoms with van der Waals surface area (Å²) < 4.78 is 26.4. The third-order valence-corrected chi connectivity index (χ3v) is 3.67. The third kappa shape index (κ3) is 4.09. The van der Waals surface area contributed by atoms with Gasteiger partial charge in [-0.2, -0.15) is 4.98 Å². The first kappa shape index (κ1) is 16.8. The molecule has 0 spiro atoms. The van der Waals surface area contributed by atoms with Gasteiger partial charge in [0.15, 0.2) is 11.6 Å². The maximum atomic E-state index is 13.3. The Labute approximate surface area is 145 Å². The number of nitrogens with zero attached hydrogens (tertiary/aromatic N) is 2. The minimum Gasteiger partial charge on any atom is -0.340 e. The fourth-order valence-electron chi connectivity index (χ4n) is 2.48. The molecule has 1 aromatic heterocycles. The zero-order chi connectivity index (χ0) is 18.0. The van der Waals surface area contributed by atoms with E-state index in [1.165, 1.54) is 11.6 Å². The van der Waals surface area contributed by atoms with Crippen molar-refractivity contribution in [3.05, 3.63) is 70.9 Å². The van der Waals surface area contributed by atoms with Crippen molar-refractivity contribution in [3.8, 4) is 0 Å². The van der Waals surface area contributed by atoms with E-state index in [-0.39, 0.29) is 0 Å². The first-order chi connectivity index (χ1) is 11.9. The predicted molar refractivity (Wildman–Crippen MR) is 95.6 cm³/mol. The summed E-state index contributed by atoms with van der Waals surface area (Å²) in [6.07, 6.45) is 0.